The van der Waals surface area contributed by atoms with Crippen molar-refractivity contribution in [1.82, 2.24) is 14.6 Å². The van der Waals surface area contributed by atoms with Gasteiger partial charge in [0.15, 0.2) is 5.65 Å². The number of nitrogens with zero attached hydrogens (tertiary/aromatic N) is 3. The molecule has 5 heteroatoms. The molecule has 2 aromatic heterocycles. The van der Waals surface area contributed by atoms with E-state index in [-0.39, 0.29) is 0 Å². The topological polar surface area (TPSA) is 42.2 Å². The van der Waals surface area contributed by atoms with Gasteiger partial charge in [-0.05, 0) is 56.9 Å². The van der Waals surface area contributed by atoms with Crippen molar-refractivity contribution in [1.29, 1.82) is 0 Å². The Bertz CT molecular complexity index is 910. The first-order valence-corrected chi connectivity index (χ1v) is 9.22. The van der Waals surface area contributed by atoms with Crippen LogP contribution in [0.25, 0.3) is 16.8 Å². The van der Waals surface area contributed by atoms with Crippen LogP contribution in [-0.4, -0.2) is 20.6 Å². The molecule has 3 rings (SSSR count). The third-order valence-electron chi connectivity index (χ3n) is 4.69. The molecule has 0 amide bonds. The SMILES string of the molecule is CCC(CC)Nc1cc(C)nc2c(-c3ccc(Cl)cc3C)c(C)nn12. The minimum absolute atomic E-state index is 0.426. The number of aromatic nitrogens is 3. The Morgan fingerprint density at radius 2 is 1.84 bits per heavy atom. The summed E-state index contributed by atoms with van der Waals surface area (Å²) in [4.78, 5) is 4.78. The highest BCUT2D eigenvalue weighted by Crippen LogP contribution is 2.32. The average molecular weight is 357 g/mol. The summed E-state index contributed by atoms with van der Waals surface area (Å²) in [6.07, 6.45) is 2.14. The van der Waals surface area contributed by atoms with Gasteiger partial charge in [-0.3, -0.25) is 0 Å². The van der Waals surface area contributed by atoms with Crippen molar-refractivity contribution in [2.45, 2.75) is 53.5 Å². The monoisotopic (exact) mass is 356 g/mol. The van der Waals surface area contributed by atoms with Gasteiger partial charge in [0.25, 0.3) is 0 Å². The first kappa shape index (κ1) is 17.7. The van der Waals surface area contributed by atoms with Crippen LogP contribution in [0.15, 0.2) is 24.3 Å². The number of aryl methyl sites for hydroxylation is 3. The van der Waals surface area contributed by atoms with Crippen molar-refractivity contribution < 1.29 is 0 Å². The van der Waals surface area contributed by atoms with Gasteiger partial charge in [0.2, 0.25) is 0 Å². The number of hydrogen-bond acceptors (Lipinski definition) is 3. The van der Waals surface area contributed by atoms with E-state index in [9.17, 15) is 0 Å². The second kappa shape index (κ2) is 7.04. The molecule has 0 aliphatic heterocycles. The van der Waals surface area contributed by atoms with E-state index in [1.165, 1.54) is 0 Å². The van der Waals surface area contributed by atoms with Crippen LogP contribution in [-0.2, 0) is 0 Å². The van der Waals surface area contributed by atoms with Crippen LogP contribution in [0.3, 0.4) is 0 Å². The number of benzene rings is 1. The second-order valence-corrected chi connectivity index (χ2v) is 7.03. The maximum absolute atomic E-state index is 6.13. The van der Waals surface area contributed by atoms with Gasteiger partial charge in [-0.1, -0.05) is 31.5 Å². The fourth-order valence-electron chi connectivity index (χ4n) is 3.27. The predicted octanol–water partition coefficient (Wildman–Crippen LogP) is 5.58. The normalized spacial score (nSPS) is 11.5. The number of anilines is 1. The number of hydrogen-bond donors (Lipinski definition) is 1. The second-order valence-electron chi connectivity index (χ2n) is 6.60. The van der Waals surface area contributed by atoms with E-state index in [0.717, 1.165) is 57.4 Å². The van der Waals surface area contributed by atoms with Gasteiger partial charge in [-0.25, -0.2) is 4.98 Å². The summed E-state index contributed by atoms with van der Waals surface area (Å²) in [7, 11) is 0. The van der Waals surface area contributed by atoms with Crippen LogP contribution in [0.1, 0.15) is 43.6 Å². The zero-order chi connectivity index (χ0) is 18.1. The molecule has 0 radical (unpaired) electrons. The van der Waals surface area contributed by atoms with Gasteiger partial charge < -0.3 is 5.32 Å². The molecule has 0 fully saturated rings. The Hall–Kier alpha value is -2.07. The first-order valence-electron chi connectivity index (χ1n) is 8.84. The maximum atomic E-state index is 6.13. The summed E-state index contributed by atoms with van der Waals surface area (Å²) >= 11 is 6.13. The van der Waals surface area contributed by atoms with E-state index in [0.29, 0.717) is 6.04 Å². The van der Waals surface area contributed by atoms with Crippen LogP contribution in [0.2, 0.25) is 5.02 Å². The zero-order valence-corrected chi connectivity index (χ0v) is 16.3. The van der Waals surface area contributed by atoms with Gasteiger partial charge in [0.05, 0.1) is 5.69 Å². The molecule has 132 valence electrons. The van der Waals surface area contributed by atoms with Gasteiger partial charge in [-0.2, -0.15) is 9.61 Å². The fraction of sp³-hybridized carbons (Fsp3) is 0.400. The Balaban J connectivity index is 2.21. The summed E-state index contributed by atoms with van der Waals surface area (Å²) in [6, 6.07) is 8.45. The molecule has 2 heterocycles. The predicted molar refractivity (Wildman–Crippen MR) is 106 cm³/mol. The molecule has 0 saturated heterocycles. The summed E-state index contributed by atoms with van der Waals surface area (Å²) in [5.41, 5.74) is 6.17. The Labute approximate surface area is 154 Å². The molecule has 0 unspecified atom stereocenters. The van der Waals surface area contributed by atoms with Crippen molar-refractivity contribution in [3.63, 3.8) is 0 Å². The minimum Gasteiger partial charge on any atom is -0.367 e. The molecule has 0 saturated carbocycles. The minimum atomic E-state index is 0.426. The molecule has 0 aliphatic rings. The van der Waals surface area contributed by atoms with Crippen molar-refractivity contribution in [2.75, 3.05) is 5.32 Å². The largest absolute Gasteiger partial charge is 0.367 e. The van der Waals surface area contributed by atoms with Crippen molar-refractivity contribution in [3.05, 3.63) is 46.2 Å². The highest BCUT2D eigenvalue weighted by Gasteiger charge is 2.18. The van der Waals surface area contributed by atoms with Gasteiger partial charge >= 0.3 is 0 Å². The van der Waals surface area contributed by atoms with E-state index in [1.54, 1.807) is 0 Å². The van der Waals surface area contributed by atoms with Crippen LogP contribution in [0.4, 0.5) is 5.82 Å². The first-order chi connectivity index (χ1) is 11.9. The quantitative estimate of drug-likeness (QED) is 0.649. The third kappa shape index (κ3) is 3.36. The highest BCUT2D eigenvalue weighted by molar-refractivity contribution is 6.30. The summed E-state index contributed by atoms with van der Waals surface area (Å²) < 4.78 is 1.93. The molecule has 0 spiro atoms. The lowest BCUT2D eigenvalue weighted by atomic mass is 10.0. The van der Waals surface area contributed by atoms with E-state index in [2.05, 4.69) is 38.2 Å². The molecule has 25 heavy (non-hydrogen) atoms. The molecule has 0 bridgehead atoms. The van der Waals surface area contributed by atoms with E-state index in [4.69, 9.17) is 21.7 Å². The lowest BCUT2D eigenvalue weighted by molar-refractivity contribution is 0.663. The van der Waals surface area contributed by atoms with Crippen LogP contribution in [0, 0.1) is 20.8 Å². The van der Waals surface area contributed by atoms with Crippen molar-refractivity contribution in [3.8, 4) is 11.1 Å². The Morgan fingerprint density at radius 1 is 1.12 bits per heavy atom. The molecule has 1 N–H and O–H groups in total. The molecular weight excluding hydrogens is 332 g/mol. The standard InChI is InChI=1S/C20H25ClN4/c1-6-16(7-2)23-18-11-13(4)22-20-19(14(5)24-25(18)20)17-9-8-15(21)10-12(17)3/h8-11,16,23H,6-7H2,1-5H3. The van der Waals surface area contributed by atoms with Gasteiger partial charge in [0.1, 0.15) is 5.82 Å². The molecular formula is C20H25ClN4. The molecule has 0 atom stereocenters. The Morgan fingerprint density at radius 3 is 2.48 bits per heavy atom. The van der Waals surface area contributed by atoms with E-state index in [1.807, 2.05) is 30.5 Å². The zero-order valence-electron chi connectivity index (χ0n) is 15.5. The number of rotatable bonds is 5. The van der Waals surface area contributed by atoms with E-state index < -0.39 is 0 Å². The van der Waals surface area contributed by atoms with Gasteiger partial charge in [0, 0.05) is 28.4 Å². The summed E-state index contributed by atoms with van der Waals surface area (Å²) in [5.74, 6) is 0.997. The van der Waals surface area contributed by atoms with E-state index >= 15 is 0 Å². The number of nitrogens with one attached hydrogen (secondary N) is 1. The molecule has 0 aliphatic carbocycles. The van der Waals surface area contributed by atoms with Crippen molar-refractivity contribution >= 4 is 23.1 Å². The number of fused-ring (bicyclic) bond motifs is 1. The average Bonchev–Trinajstić information content (AvgIpc) is 2.89. The summed E-state index contributed by atoms with van der Waals surface area (Å²) in [6.45, 7) is 10.5. The lowest BCUT2D eigenvalue weighted by Crippen LogP contribution is -2.19. The van der Waals surface area contributed by atoms with Crippen LogP contribution < -0.4 is 5.32 Å². The highest BCUT2D eigenvalue weighted by atomic mass is 35.5. The molecule has 3 aromatic rings. The Kier molecular flexibility index (Phi) is 5.00. The molecule has 4 nitrogen and oxygen atoms in total. The van der Waals surface area contributed by atoms with Crippen molar-refractivity contribution in [2.24, 2.45) is 0 Å². The number of halogens is 1. The maximum Gasteiger partial charge on any atom is 0.165 e. The third-order valence-corrected chi connectivity index (χ3v) is 4.92. The molecule has 1 aromatic carbocycles. The van der Waals surface area contributed by atoms with Crippen LogP contribution in [0.5, 0.6) is 0 Å². The summed E-state index contributed by atoms with van der Waals surface area (Å²) in [5, 5.41) is 9.14. The van der Waals surface area contributed by atoms with Crippen LogP contribution >= 0.6 is 11.6 Å². The van der Waals surface area contributed by atoms with Gasteiger partial charge in [-0.15, -0.1) is 0 Å². The lowest BCUT2D eigenvalue weighted by Gasteiger charge is -2.17. The fourth-order valence-corrected chi connectivity index (χ4v) is 3.50. The smallest absolute Gasteiger partial charge is 0.165 e.